The van der Waals surface area contributed by atoms with Crippen molar-refractivity contribution in [1.82, 2.24) is 4.90 Å². The molecule has 5 rings (SSSR count). The molecule has 168 valence electrons. The second-order valence-electron chi connectivity index (χ2n) is 8.34. The van der Waals surface area contributed by atoms with Gasteiger partial charge in [-0.25, -0.2) is 0 Å². The fraction of sp³-hybridized carbons (Fsp3) is 0.435. The summed E-state index contributed by atoms with van der Waals surface area (Å²) in [6.07, 6.45) is 7.95. The third kappa shape index (κ3) is 3.19. The normalized spacial score (nSPS) is 33.5. The molecule has 1 N–H and O–H groups in total. The topological polar surface area (TPSA) is 87.2 Å². The van der Waals surface area contributed by atoms with E-state index in [2.05, 4.69) is 0 Å². The van der Waals surface area contributed by atoms with Crippen LogP contribution in [-0.2, 0) is 19.1 Å². The summed E-state index contributed by atoms with van der Waals surface area (Å²) in [7, 11) is 0. The maximum absolute atomic E-state index is 14.0. The molecule has 1 aromatic rings. The van der Waals surface area contributed by atoms with Crippen LogP contribution in [0.4, 0.5) is 5.69 Å². The van der Waals surface area contributed by atoms with Crippen LogP contribution in [0.15, 0.2) is 48.6 Å². The molecule has 7 nitrogen and oxygen atoms in total. The number of halogens is 1. The van der Waals surface area contributed by atoms with Crippen molar-refractivity contribution < 1.29 is 24.2 Å². The summed E-state index contributed by atoms with van der Waals surface area (Å²) in [6, 6.07) is 6.24. The Bertz CT molecular complexity index is 1010. The van der Waals surface area contributed by atoms with Crippen molar-refractivity contribution in [3.63, 3.8) is 0 Å². The van der Waals surface area contributed by atoms with Gasteiger partial charge in [0.25, 0.3) is 5.91 Å². The van der Waals surface area contributed by atoms with Crippen molar-refractivity contribution in [3.8, 4) is 0 Å². The first kappa shape index (κ1) is 21.6. The number of likely N-dealkylation sites (tertiary alicyclic amines) is 1. The first-order valence-corrected chi connectivity index (χ1v) is 11.9. The van der Waals surface area contributed by atoms with Crippen LogP contribution in [0.5, 0.6) is 0 Å². The molecule has 4 heterocycles. The van der Waals surface area contributed by atoms with Gasteiger partial charge in [-0.3, -0.25) is 14.4 Å². The molecule has 1 aromatic carbocycles. The van der Waals surface area contributed by atoms with Gasteiger partial charge in [0.1, 0.15) is 12.6 Å². The standard InChI is InChI=1S/C23H23ClN2O5S/c24-14-5-7-15(8-6-14)25-10-2-9-23-18(17-16(32-23)4-1-13-31-22(17)30)20(28)26(11-3-12-27)19(23)21(25)29/h1-2,4-9,16-19,27H,3,10-13H2/t16-,17+,18+,19?,23+/m1/s1. The number of ether oxygens (including phenoxy) is 1. The largest absolute Gasteiger partial charge is 0.461 e. The van der Waals surface area contributed by atoms with Gasteiger partial charge in [0.05, 0.1) is 16.6 Å². The lowest BCUT2D eigenvalue weighted by Crippen LogP contribution is -2.53. The van der Waals surface area contributed by atoms with Crippen molar-refractivity contribution in [3.05, 3.63) is 53.6 Å². The third-order valence-corrected chi connectivity index (χ3v) is 8.60. The number of esters is 1. The van der Waals surface area contributed by atoms with Gasteiger partial charge in [-0.15, -0.1) is 11.8 Å². The number of hydrogen-bond donors (Lipinski definition) is 1. The Kier molecular flexibility index (Phi) is 5.55. The van der Waals surface area contributed by atoms with Crippen LogP contribution in [0.25, 0.3) is 0 Å². The van der Waals surface area contributed by atoms with Crippen LogP contribution in [0.3, 0.4) is 0 Å². The zero-order valence-electron chi connectivity index (χ0n) is 17.2. The number of hydrogen-bond acceptors (Lipinski definition) is 6. The fourth-order valence-electron chi connectivity index (χ4n) is 5.30. The lowest BCUT2D eigenvalue weighted by molar-refractivity contribution is -0.151. The second-order valence-corrected chi connectivity index (χ2v) is 10.3. The molecule has 2 fully saturated rings. The van der Waals surface area contributed by atoms with E-state index in [1.165, 1.54) is 11.8 Å². The summed E-state index contributed by atoms with van der Waals surface area (Å²) in [5.74, 6) is -2.17. The number of benzene rings is 1. The highest BCUT2D eigenvalue weighted by atomic mass is 35.5. The maximum atomic E-state index is 14.0. The predicted molar refractivity (Wildman–Crippen MR) is 121 cm³/mol. The Hall–Kier alpha value is -2.29. The Balaban J connectivity index is 1.60. The minimum Gasteiger partial charge on any atom is -0.461 e. The predicted octanol–water partition coefficient (Wildman–Crippen LogP) is 2.04. The quantitative estimate of drug-likeness (QED) is 0.531. The molecule has 2 amide bonds. The van der Waals surface area contributed by atoms with Gasteiger partial charge in [0.15, 0.2) is 0 Å². The average molecular weight is 475 g/mol. The number of aliphatic hydroxyl groups is 1. The number of aliphatic hydroxyl groups excluding tert-OH is 1. The van der Waals surface area contributed by atoms with Crippen LogP contribution in [-0.4, -0.2) is 70.1 Å². The molecule has 0 aromatic heterocycles. The molecule has 5 atom stereocenters. The number of thioether (sulfide) groups is 1. The van der Waals surface area contributed by atoms with Gasteiger partial charge in [0.2, 0.25) is 5.91 Å². The highest BCUT2D eigenvalue weighted by molar-refractivity contribution is 8.02. The van der Waals surface area contributed by atoms with E-state index < -0.39 is 28.6 Å². The van der Waals surface area contributed by atoms with Crippen molar-refractivity contribution >= 4 is 46.8 Å². The Morgan fingerprint density at radius 2 is 1.94 bits per heavy atom. The van der Waals surface area contributed by atoms with E-state index in [-0.39, 0.29) is 36.8 Å². The maximum Gasteiger partial charge on any atom is 0.311 e. The first-order chi connectivity index (χ1) is 15.5. The van der Waals surface area contributed by atoms with Crippen molar-refractivity contribution in [2.75, 3.05) is 31.2 Å². The number of anilines is 1. The molecule has 32 heavy (non-hydrogen) atoms. The van der Waals surface area contributed by atoms with Crippen molar-refractivity contribution in [1.29, 1.82) is 0 Å². The van der Waals surface area contributed by atoms with E-state index in [4.69, 9.17) is 16.3 Å². The molecular formula is C23H23ClN2O5S. The minimum atomic E-state index is -0.874. The number of fused-ring (bicyclic) bond motifs is 2. The summed E-state index contributed by atoms with van der Waals surface area (Å²) in [5.41, 5.74) is 0.690. The number of carbonyl (C=O) groups is 3. The lowest BCUT2D eigenvalue weighted by Gasteiger charge is -2.35. The van der Waals surface area contributed by atoms with Crippen LogP contribution < -0.4 is 4.90 Å². The third-order valence-electron chi connectivity index (χ3n) is 6.61. The molecule has 9 heteroatoms. The highest BCUT2D eigenvalue weighted by Gasteiger charge is 2.71. The van der Waals surface area contributed by atoms with E-state index in [0.717, 1.165) is 0 Å². The van der Waals surface area contributed by atoms with Gasteiger partial charge in [-0.2, -0.15) is 0 Å². The zero-order valence-corrected chi connectivity index (χ0v) is 18.8. The number of nitrogens with zero attached hydrogens (tertiary/aromatic N) is 2. The molecule has 1 unspecified atom stereocenters. The van der Waals surface area contributed by atoms with E-state index in [9.17, 15) is 19.5 Å². The zero-order chi connectivity index (χ0) is 22.5. The van der Waals surface area contributed by atoms with E-state index in [0.29, 0.717) is 23.7 Å². The van der Waals surface area contributed by atoms with E-state index in [1.54, 1.807) is 40.1 Å². The van der Waals surface area contributed by atoms with Crippen molar-refractivity contribution in [2.45, 2.75) is 22.5 Å². The summed E-state index contributed by atoms with van der Waals surface area (Å²) in [4.78, 5) is 43.7. The van der Waals surface area contributed by atoms with E-state index >= 15 is 0 Å². The molecule has 2 saturated heterocycles. The molecule has 0 radical (unpaired) electrons. The average Bonchev–Trinajstić information content (AvgIpc) is 3.07. The Morgan fingerprint density at radius 1 is 1.16 bits per heavy atom. The molecule has 0 aliphatic carbocycles. The number of rotatable bonds is 4. The van der Waals surface area contributed by atoms with Gasteiger partial charge < -0.3 is 19.6 Å². The molecule has 1 spiro atoms. The molecule has 4 aliphatic heterocycles. The van der Waals surface area contributed by atoms with Crippen LogP contribution in [0.2, 0.25) is 5.02 Å². The van der Waals surface area contributed by atoms with Gasteiger partial charge >= 0.3 is 5.97 Å². The number of amides is 2. The minimum absolute atomic E-state index is 0.0942. The summed E-state index contributed by atoms with van der Waals surface area (Å²) in [6.45, 7) is 0.693. The summed E-state index contributed by atoms with van der Waals surface area (Å²) < 4.78 is 4.47. The Morgan fingerprint density at radius 3 is 2.69 bits per heavy atom. The number of carbonyl (C=O) groups excluding carboxylic acids is 3. The fourth-order valence-corrected chi connectivity index (χ4v) is 7.43. The first-order valence-electron chi connectivity index (χ1n) is 10.6. The molecule has 4 aliphatic rings. The van der Waals surface area contributed by atoms with Gasteiger partial charge in [-0.1, -0.05) is 35.9 Å². The second kappa shape index (κ2) is 8.24. The lowest BCUT2D eigenvalue weighted by atomic mass is 9.78. The van der Waals surface area contributed by atoms with Gasteiger partial charge in [-0.05, 0) is 30.7 Å². The highest BCUT2D eigenvalue weighted by Crippen LogP contribution is 2.61. The molecular weight excluding hydrogens is 452 g/mol. The number of cyclic esters (lactones) is 1. The molecule has 0 bridgehead atoms. The molecule has 0 saturated carbocycles. The summed E-state index contributed by atoms with van der Waals surface area (Å²) >= 11 is 7.53. The van der Waals surface area contributed by atoms with Crippen LogP contribution in [0.1, 0.15) is 6.42 Å². The van der Waals surface area contributed by atoms with Crippen molar-refractivity contribution in [2.24, 2.45) is 11.8 Å². The Labute approximate surface area is 195 Å². The summed E-state index contributed by atoms with van der Waals surface area (Å²) in [5, 5.41) is 9.74. The van der Waals surface area contributed by atoms with Gasteiger partial charge in [0, 0.05) is 35.7 Å². The monoisotopic (exact) mass is 474 g/mol. The SMILES string of the molecule is O=C1OCC=C[C@H]2S[C@]34C=CCN(c5ccc(Cl)cc5)C(=O)C3N(CCCO)C(=O)[C@@H]4[C@@H]12. The smallest absolute Gasteiger partial charge is 0.311 e. The van der Waals surface area contributed by atoms with E-state index in [1.807, 2.05) is 18.2 Å². The van der Waals surface area contributed by atoms with Crippen LogP contribution in [0, 0.1) is 11.8 Å². The van der Waals surface area contributed by atoms with Crippen LogP contribution >= 0.6 is 23.4 Å².